The van der Waals surface area contributed by atoms with Gasteiger partial charge >= 0.3 is 0 Å². The summed E-state index contributed by atoms with van der Waals surface area (Å²) in [6.45, 7) is 5.99. The summed E-state index contributed by atoms with van der Waals surface area (Å²) in [6, 6.07) is 4.29. The molecule has 3 rings (SSSR count). The highest BCUT2D eigenvalue weighted by Gasteiger charge is 2.17. The fourth-order valence-electron chi connectivity index (χ4n) is 3.12. The van der Waals surface area contributed by atoms with E-state index in [1.807, 2.05) is 4.90 Å². The number of nitro benzene ring substituents is 1. The Kier molecular flexibility index (Phi) is 6.23. The summed E-state index contributed by atoms with van der Waals surface area (Å²) in [5.74, 6) is 0.181. The second-order valence-electron chi connectivity index (χ2n) is 6.86. The largest absolute Gasteiger partial charge is 0.378 e. The Labute approximate surface area is 167 Å². The molecule has 1 aliphatic rings. The summed E-state index contributed by atoms with van der Waals surface area (Å²) < 4.78 is 5.30. The van der Waals surface area contributed by atoms with Crippen LogP contribution < -0.4 is 15.8 Å². The van der Waals surface area contributed by atoms with Crippen LogP contribution in [0.3, 0.4) is 0 Å². The zero-order valence-electron chi connectivity index (χ0n) is 16.4. The van der Waals surface area contributed by atoms with E-state index in [2.05, 4.69) is 15.3 Å². The average molecular weight is 401 g/mol. The third-order valence-electron chi connectivity index (χ3n) is 4.83. The Morgan fingerprint density at radius 2 is 2.07 bits per heavy atom. The molecule has 1 aromatic heterocycles. The standard InChI is InChI=1S/C19H23N5O5/c1-12-3-4-14(24(27)28)11-16(12)21-17(25)6-5-15-13(2)20-19(22-18(15)26)23-7-9-29-10-8-23/h3-4,11H,5-10H2,1-2H3,(H,21,25)(H,20,22,26). The van der Waals surface area contributed by atoms with Gasteiger partial charge < -0.3 is 15.0 Å². The second kappa shape index (κ2) is 8.82. The van der Waals surface area contributed by atoms with Gasteiger partial charge in [-0.1, -0.05) is 6.07 Å². The Bertz CT molecular complexity index is 981. The molecule has 0 atom stereocenters. The summed E-state index contributed by atoms with van der Waals surface area (Å²) in [5.41, 5.74) is 1.77. The Balaban J connectivity index is 1.66. The van der Waals surface area contributed by atoms with Crippen molar-refractivity contribution in [2.24, 2.45) is 0 Å². The number of rotatable bonds is 6. The molecule has 0 radical (unpaired) electrons. The molecule has 10 nitrogen and oxygen atoms in total. The number of morpholine rings is 1. The minimum Gasteiger partial charge on any atom is -0.378 e. The molecular weight excluding hydrogens is 378 g/mol. The van der Waals surface area contributed by atoms with Crippen molar-refractivity contribution < 1.29 is 14.5 Å². The number of carbonyl (C=O) groups excluding carboxylic acids is 1. The van der Waals surface area contributed by atoms with Crippen molar-refractivity contribution in [2.45, 2.75) is 26.7 Å². The maximum absolute atomic E-state index is 12.5. The van der Waals surface area contributed by atoms with E-state index in [1.165, 1.54) is 12.1 Å². The van der Waals surface area contributed by atoms with Crippen molar-refractivity contribution >= 4 is 23.2 Å². The minimum absolute atomic E-state index is 0.0602. The highest BCUT2D eigenvalue weighted by atomic mass is 16.6. The molecule has 0 spiro atoms. The SMILES string of the molecule is Cc1ccc([N+](=O)[O-])cc1NC(=O)CCc1c(C)nc(N2CCOCC2)[nH]c1=O. The van der Waals surface area contributed by atoms with Gasteiger partial charge in [-0.25, -0.2) is 4.98 Å². The van der Waals surface area contributed by atoms with Crippen molar-refractivity contribution in [3.63, 3.8) is 0 Å². The zero-order valence-corrected chi connectivity index (χ0v) is 16.4. The van der Waals surface area contributed by atoms with Crippen molar-refractivity contribution in [3.8, 4) is 0 Å². The topological polar surface area (TPSA) is 130 Å². The maximum Gasteiger partial charge on any atom is 0.271 e. The number of aromatic nitrogens is 2. The monoisotopic (exact) mass is 401 g/mol. The molecule has 1 saturated heterocycles. The number of non-ortho nitro benzene ring substituents is 1. The molecule has 154 valence electrons. The predicted octanol–water partition coefficient (Wildman–Crippen LogP) is 1.70. The lowest BCUT2D eigenvalue weighted by Gasteiger charge is -2.27. The van der Waals surface area contributed by atoms with Crippen LogP contribution in [0.15, 0.2) is 23.0 Å². The second-order valence-corrected chi connectivity index (χ2v) is 6.86. The number of nitro groups is 1. The molecule has 2 aromatic rings. The summed E-state index contributed by atoms with van der Waals surface area (Å²) in [5, 5.41) is 13.6. The molecule has 2 N–H and O–H groups in total. The number of aryl methyl sites for hydroxylation is 2. The highest BCUT2D eigenvalue weighted by Crippen LogP contribution is 2.22. The Morgan fingerprint density at radius 1 is 1.34 bits per heavy atom. The van der Waals surface area contributed by atoms with E-state index in [9.17, 15) is 19.7 Å². The number of anilines is 2. The van der Waals surface area contributed by atoms with Crippen molar-refractivity contribution in [1.29, 1.82) is 0 Å². The first-order valence-electron chi connectivity index (χ1n) is 9.32. The maximum atomic E-state index is 12.5. The van der Waals surface area contributed by atoms with Gasteiger partial charge in [-0.05, 0) is 25.8 Å². The first-order chi connectivity index (χ1) is 13.8. The average Bonchev–Trinajstić information content (AvgIpc) is 2.69. The number of H-pyrrole nitrogens is 1. The number of amides is 1. The van der Waals surface area contributed by atoms with E-state index >= 15 is 0 Å². The summed E-state index contributed by atoms with van der Waals surface area (Å²) in [4.78, 5) is 44.4. The Hall–Kier alpha value is -3.27. The van der Waals surface area contributed by atoms with Crippen LogP contribution in [0, 0.1) is 24.0 Å². The molecule has 0 aliphatic carbocycles. The van der Waals surface area contributed by atoms with E-state index in [0.717, 1.165) is 5.56 Å². The van der Waals surface area contributed by atoms with Gasteiger partial charge in [0.25, 0.3) is 11.2 Å². The van der Waals surface area contributed by atoms with Crippen LogP contribution in [0.4, 0.5) is 17.3 Å². The van der Waals surface area contributed by atoms with Gasteiger partial charge in [0.1, 0.15) is 0 Å². The number of nitrogens with zero attached hydrogens (tertiary/aromatic N) is 3. The van der Waals surface area contributed by atoms with E-state index in [0.29, 0.717) is 49.2 Å². The van der Waals surface area contributed by atoms with Gasteiger partial charge in [0.15, 0.2) is 0 Å². The van der Waals surface area contributed by atoms with Crippen molar-refractivity contribution in [2.75, 3.05) is 36.5 Å². The summed E-state index contributed by atoms with van der Waals surface area (Å²) in [7, 11) is 0. The number of aromatic amines is 1. The van der Waals surface area contributed by atoms with Crippen LogP contribution in [-0.2, 0) is 16.0 Å². The molecule has 1 fully saturated rings. The Morgan fingerprint density at radius 3 is 2.72 bits per heavy atom. The predicted molar refractivity (Wildman–Crippen MR) is 107 cm³/mol. The molecule has 10 heteroatoms. The normalized spacial score (nSPS) is 13.9. The summed E-state index contributed by atoms with van der Waals surface area (Å²) in [6.07, 6.45) is 0.280. The molecule has 1 aliphatic heterocycles. The quantitative estimate of drug-likeness (QED) is 0.556. The number of nitrogens with one attached hydrogen (secondary N) is 2. The van der Waals surface area contributed by atoms with Gasteiger partial charge in [-0.2, -0.15) is 0 Å². The van der Waals surface area contributed by atoms with Gasteiger partial charge in [0, 0.05) is 42.9 Å². The van der Waals surface area contributed by atoms with Crippen LogP contribution >= 0.6 is 0 Å². The molecular formula is C19H23N5O5. The molecule has 1 amide bonds. The van der Waals surface area contributed by atoms with Gasteiger partial charge in [-0.15, -0.1) is 0 Å². The molecule has 2 heterocycles. The van der Waals surface area contributed by atoms with Crippen LogP contribution in [0.1, 0.15) is 23.2 Å². The van der Waals surface area contributed by atoms with Crippen molar-refractivity contribution in [1.82, 2.24) is 9.97 Å². The first-order valence-corrected chi connectivity index (χ1v) is 9.32. The lowest BCUT2D eigenvalue weighted by Crippen LogP contribution is -2.38. The molecule has 29 heavy (non-hydrogen) atoms. The fourth-order valence-corrected chi connectivity index (χ4v) is 3.12. The van der Waals surface area contributed by atoms with Crippen LogP contribution in [0.2, 0.25) is 0 Å². The molecule has 1 aromatic carbocycles. The van der Waals surface area contributed by atoms with E-state index in [1.54, 1.807) is 19.9 Å². The third-order valence-corrected chi connectivity index (χ3v) is 4.83. The number of hydrogen-bond donors (Lipinski definition) is 2. The van der Waals surface area contributed by atoms with Crippen molar-refractivity contribution in [3.05, 3.63) is 55.5 Å². The number of benzene rings is 1. The van der Waals surface area contributed by atoms with E-state index in [4.69, 9.17) is 4.74 Å². The number of carbonyl (C=O) groups is 1. The smallest absolute Gasteiger partial charge is 0.271 e. The number of hydrogen-bond acceptors (Lipinski definition) is 7. The lowest BCUT2D eigenvalue weighted by atomic mass is 10.1. The lowest BCUT2D eigenvalue weighted by molar-refractivity contribution is -0.384. The van der Waals surface area contributed by atoms with Gasteiger partial charge in [0.2, 0.25) is 11.9 Å². The molecule has 0 unspecified atom stereocenters. The van der Waals surface area contributed by atoms with Gasteiger partial charge in [-0.3, -0.25) is 24.7 Å². The third kappa shape index (κ3) is 4.96. The first kappa shape index (κ1) is 20.5. The van der Waals surface area contributed by atoms with Crippen LogP contribution in [0.5, 0.6) is 0 Å². The van der Waals surface area contributed by atoms with E-state index < -0.39 is 4.92 Å². The van der Waals surface area contributed by atoms with Gasteiger partial charge in [0.05, 0.1) is 23.8 Å². The fraction of sp³-hybridized carbons (Fsp3) is 0.421. The highest BCUT2D eigenvalue weighted by molar-refractivity contribution is 5.92. The van der Waals surface area contributed by atoms with Crippen LogP contribution in [-0.4, -0.2) is 47.1 Å². The number of ether oxygens (including phenoxy) is 1. The van der Waals surface area contributed by atoms with Crippen LogP contribution in [0.25, 0.3) is 0 Å². The summed E-state index contributed by atoms with van der Waals surface area (Å²) >= 11 is 0. The molecule has 0 bridgehead atoms. The zero-order chi connectivity index (χ0) is 21.0. The minimum atomic E-state index is -0.514. The molecule has 0 saturated carbocycles. The van der Waals surface area contributed by atoms with E-state index in [-0.39, 0.29) is 30.0 Å².